The van der Waals surface area contributed by atoms with Gasteiger partial charge in [0.2, 0.25) is 11.8 Å². The Morgan fingerprint density at radius 1 is 0.808 bits per heavy atom. The number of benzene rings is 2. The van der Waals surface area contributed by atoms with Gasteiger partial charge >= 0.3 is 0 Å². The molecule has 0 radical (unpaired) electrons. The van der Waals surface area contributed by atoms with Gasteiger partial charge in [0.05, 0.1) is 25.6 Å². The quantitative estimate of drug-likeness (QED) is 0.671. The topological polar surface area (TPSA) is 49.4 Å². The Morgan fingerprint density at radius 3 is 1.92 bits per heavy atom. The molecule has 2 saturated heterocycles. The first-order chi connectivity index (χ1) is 12.4. The van der Waals surface area contributed by atoms with Gasteiger partial charge in [-0.25, -0.2) is 4.90 Å². The van der Waals surface area contributed by atoms with E-state index in [2.05, 4.69) is 25.0 Å². The minimum absolute atomic E-state index is 0.0513. The van der Waals surface area contributed by atoms with Crippen molar-refractivity contribution in [1.29, 1.82) is 0 Å². The Morgan fingerprint density at radius 2 is 1.35 bits per heavy atom. The van der Waals surface area contributed by atoms with Crippen LogP contribution in [0.25, 0.3) is 0 Å². The first kappa shape index (κ1) is 17.2. The van der Waals surface area contributed by atoms with Gasteiger partial charge in [-0.2, -0.15) is 0 Å². The number of hydrogen-bond donors (Lipinski definition) is 1. The molecule has 0 aromatic heterocycles. The number of para-hydroxylation sites is 1. The van der Waals surface area contributed by atoms with Crippen LogP contribution in [0.1, 0.15) is 11.6 Å². The first-order valence-electron chi connectivity index (χ1n) is 9.13. The number of nitrogens with one attached hydrogen (secondary N) is 1. The van der Waals surface area contributed by atoms with E-state index in [1.54, 1.807) is 0 Å². The second kappa shape index (κ2) is 6.18. The number of carbonyl (C=O) groups excluding carboxylic acids is 2. The van der Waals surface area contributed by atoms with Crippen molar-refractivity contribution in [2.45, 2.75) is 31.3 Å². The lowest BCUT2D eigenvalue weighted by atomic mass is 9.89. The third kappa shape index (κ3) is 2.63. The summed E-state index contributed by atoms with van der Waals surface area (Å²) in [6.45, 7) is 6.79. The molecule has 0 bridgehead atoms. The van der Waals surface area contributed by atoms with Crippen LogP contribution >= 0.6 is 0 Å². The van der Waals surface area contributed by atoms with Crippen molar-refractivity contribution in [3.63, 3.8) is 0 Å². The van der Waals surface area contributed by atoms with Crippen LogP contribution in [-0.2, 0) is 9.59 Å². The van der Waals surface area contributed by atoms with Crippen LogP contribution in [0.2, 0.25) is 19.6 Å². The maximum Gasteiger partial charge on any atom is 0.239 e. The zero-order valence-electron chi connectivity index (χ0n) is 15.3. The van der Waals surface area contributed by atoms with Crippen molar-refractivity contribution >= 4 is 25.6 Å². The summed E-state index contributed by atoms with van der Waals surface area (Å²) < 4.78 is 0. The average molecular weight is 365 g/mol. The molecule has 0 saturated carbocycles. The molecule has 2 aliphatic heterocycles. The van der Waals surface area contributed by atoms with Crippen molar-refractivity contribution in [3.05, 3.63) is 66.2 Å². The Hall–Kier alpha value is -2.24. The molecule has 2 aromatic carbocycles. The third-order valence-corrected chi connectivity index (χ3v) is 7.97. The van der Waals surface area contributed by atoms with Gasteiger partial charge in [-0.1, -0.05) is 68.2 Å². The number of hydrogen-bond acceptors (Lipinski definition) is 3. The molecule has 2 amide bonds. The van der Waals surface area contributed by atoms with Crippen molar-refractivity contribution in [2.75, 3.05) is 4.90 Å². The predicted octanol–water partition coefficient (Wildman–Crippen LogP) is 3.38. The van der Waals surface area contributed by atoms with E-state index in [0.29, 0.717) is 5.69 Å². The average Bonchev–Trinajstić information content (AvgIpc) is 3.14. The molecule has 1 N–H and O–H groups in total. The van der Waals surface area contributed by atoms with Crippen LogP contribution in [0.5, 0.6) is 0 Å². The smallest absolute Gasteiger partial charge is 0.239 e. The number of rotatable bonds is 3. The molecule has 134 valence electrons. The highest BCUT2D eigenvalue weighted by Crippen LogP contribution is 2.47. The van der Waals surface area contributed by atoms with Gasteiger partial charge in [0.25, 0.3) is 0 Å². The monoisotopic (exact) mass is 364 g/mol. The van der Waals surface area contributed by atoms with Crippen molar-refractivity contribution in [3.8, 4) is 0 Å². The molecular formula is C21H24N2O2Si. The number of carbonyl (C=O) groups is 2. The summed E-state index contributed by atoms with van der Waals surface area (Å²) >= 11 is 0. The van der Waals surface area contributed by atoms with E-state index < -0.39 is 8.07 Å². The molecule has 0 aliphatic carbocycles. The molecule has 2 aromatic rings. The number of nitrogens with zero attached hydrogens (tertiary/aromatic N) is 1. The molecule has 0 spiro atoms. The van der Waals surface area contributed by atoms with Gasteiger partial charge < -0.3 is 5.32 Å². The van der Waals surface area contributed by atoms with Crippen LogP contribution in [0.15, 0.2) is 60.7 Å². The van der Waals surface area contributed by atoms with Gasteiger partial charge in [0, 0.05) is 11.7 Å². The summed E-state index contributed by atoms with van der Waals surface area (Å²) in [7, 11) is -1.70. The first-order valence-corrected chi connectivity index (χ1v) is 12.7. The van der Waals surface area contributed by atoms with E-state index in [0.717, 1.165) is 5.56 Å². The van der Waals surface area contributed by atoms with Crippen LogP contribution in [0.4, 0.5) is 5.69 Å². The Labute approximate surface area is 155 Å². The Kier molecular flexibility index (Phi) is 4.08. The Balaban J connectivity index is 1.79. The molecule has 4 nitrogen and oxygen atoms in total. The fourth-order valence-corrected chi connectivity index (χ4v) is 6.51. The molecule has 2 aliphatic rings. The lowest BCUT2D eigenvalue weighted by Crippen LogP contribution is -2.52. The largest absolute Gasteiger partial charge is 0.308 e. The maximum absolute atomic E-state index is 13.3. The predicted molar refractivity (Wildman–Crippen MR) is 105 cm³/mol. The van der Waals surface area contributed by atoms with Gasteiger partial charge in [-0.3, -0.25) is 9.59 Å². The second-order valence-electron chi connectivity index (χ2n) is 8.30. The van der Waals surface area contributed by atoms with E-state index in [1.807, 2.05) is 60.7 Å². The van der Waals surface area contributed by atoms with E-state index in [4.69, 9.17) is 0 Å². The number of fused-ring (bicyclic) bond motifs is 1. The minimum atomic E-state index is -1.70. The molecule has 5 heteroatoms. The van der Waals surface area contributed by atoms with Crippen LogP contribution in [0.3, 0.4) is 0 Å². The fraction of sp³-hybridized carbons (Fsp3) is 0.333. The third-order valence-electron chi connectivity index (χ3n) is 5.58. The summed E-state index contributed by atoms with van der Waals surface area (Å²) in [5.41, 5.74) is 1.85. The zero-order chi connectivity index (χ0) is 18.5. The lowest BCUT2D eigenvalue weighted by molar-refractivity contribution is -0.123. The van der Waals surface area contributed by atoms with Gasteiger partial charge in [-0.05, 0) is 17.7 Å². The van der Waals surface area contributed by atoms with Crippen LogP contribution < -0.4 is 10.2 Å². The SMILES string of the molecule is C[Si](C)(C)[C@@H]1N[C@H](c2ccccc2)[C@@H]2C(=O)N(c3ccccc3)C(=O)[C@H]21. The van der Waals surface area contributed by atoms with Crippen molar-refractivity contribution in [2.24, 2.45) is 11.8 Å². The number of anilines is 1. The lowest BCUT2D eigenvalue weighted by Gasteiger charge is -2.30. The highest BCUT2D eigenvalue weighted by molar-refractivity contribution is 6.78. The summed E-state index contributed by atoms with van der Waals surface area (Å²) in [6.07, 6.45) is 0. The van der Waals surface area contributed by atoms with E-state index in [-0.39, 0.29) is 35.4 Å². The van der Waals surface area contributed by atoms with Gasteiger partial charge in [0.15, 0.2) is 0 Å². The molecule has 2 heterocycles. The normalized spacial score (nSPS) is 28.5. The van der Waals surface area contributed by atoms with Gasteiger partial charge in [-0.15, -0.1) is 0 Å². The van der Waals surface area contributed by atoms with Crippen molar-refractivity contribution < 1.29 is 9.59 Å². The molecule has 2 fully saturated rings. The Bertz CT molecular complexity index is 832. The van der Waals surface area contributed by atoms with Crippen LogP contribution in [0, 0.1) is 11.8 Å². The summed E-state index contributed by atoms with van der Waals surface area (Å²) in [4.78, 5) is 28.1. The number of amides is 2. The standard InChI is InChI=1S/C21H24N2O2Si/c1-26(2,3)19-17-16(18(22-19)14-10-6-4-7-11-14)20(24)23(21(17)25)15-12-8-5-9-13-15/h4-13,16-19,22H,1-3H3/t16-,17-,18-,19+/m1/s1. The highest BCUT2D eigenvalue weighted by atomic mass is 28.3. The fourth-order valence-electron chi connectivity index (χ4n) is 4.40. The summed E-state index contributed by atoms with van der Waals surface area (Å²) in [5.74, 6) is -0.737. The summed E-state index contributed by atoms with van der Waals surface area (Å²) in [5, 5.41) is 3.68. The van der Waals surface area contributed by atoms with Gasteiger partial charge in [0.1, 0.15) is 0 Å². The van der Waals surface area contributed by atoms with E-state index in [1.165, 1.54) is 4.90 Å². The van der Waals surface area contributed by atoms with E-state index >= 15 is 0 Å². The van der Waals surface area contributed by atoms with E-state index in [9.17, 15) is 9.59 Å². The molecule has 26 heavy (non-hydrogen) atoms. The molecule has 4 rings (SSSR count). The second-order valence-corrected chi connectivity index (χ2v) is 13.7. The minimum Gasteiger partial charge on any atom is -0.308 e. The zero-order valence-corrected chi connectivity index (χ0v) is 16.3. The molecular weight excluding hydrogens is 340 g/mol. The highest BCUT2D eigenvalue weighted by Gasteiger charge is 2.61. The molecule has 4 atom stereocenters. The molecule has 0 unspecified atom stereocenters. The van der Waals surface area contributed by atoms with Crippen molar-refractivity contribution in [1.82, 2.24) is 5.32 Å². The maximum atomic E-state index is 13.3. The van der Waals surface area contributed by atoms with Crippen LogP contribution in [-0.4, -0.2) is 25.6 Å². The summed E-state index contributed by atoms with van der Waals surface area (Å²) in [6, 6.07) is 19.3. The number of imide groups is 1.